The zero-order valence-corrected chi connectivity index (χ0v) is 10.1. The van der Waals surface area contributed by atoms with Gasteiger partial charge in [-0.25, -0.2) is 4.98 Å². The smallest absolute Gasteiger partial charge is 0.0978 e. The van der Waals surface area contributed by atoms with Gasteiger partial charge in [-0.15, -0.1) is 11.3 Å². The Hall–Kier alpha value is -1.26. The van der Waals surface area contributed by atoms with Crippen LogP contribution in [0.25, 0.3) is 0 Å². The molecule has 0 aliphatic rings. The molecule has 0 bridgehead atoms. The minimum atomic E-state index is -0.527. The molecule has 0 saturated carbocycles. The standard InChI is InChI=1S/C12H14N2OS/c1-8(10-5-3-4-6-13-10)12(15)11-7-14-9(2)16-11/h3-8,12,15H,1-2H3. The van der Waals surface area contributed by atoms with E-state index in [9.17, 15) is 5.11 Å². The van der Waals surface area contributed by atoms with E-state index in [4.69, 9.17) is 0 Å². The summed E-state index contributed by atoms with van der Waals surface area (Å²) in [7, 11) is 0. The fourth-order valence-electron chi connectivity index (χ4n) is 1.57. The van der Waals surface area contributed by atoms with Gasteiger partial charge in [0.25, 0.3) is 0 Å². The summed E-state index contributed by atoms with van der Waals surface area (Å²) in [6.07, 6.45) is 2.96. The zero-order chi connectivity index (χ0) is 11.5. The molecular formula is C12H14N2OS. The van der Waals surface area contributed by atoms with Crippen molar-refractivity contribution in [1.29, 1.82) is 0 Å². The van der Waals surface area contributed by atoms with Crippen molar-refractivity contribution in [2.75, 3.05) is 0 Å². The third-order valence-corrected chi connectivity index (χ3v) is 3.54. The molecule has 2 unspecified atom stereocenters. The lowest BCUT2D eigenvalue weighted by atomic mass is 9.99. The third-order valence-electron chi connectivity index (χ3n) is 2.56. The van der Waals surface area contributed by atoms with Crippen LogP contribution >= 0.6 is 11.3 Å². The average Bonchev–Trinajstić information content (AvgIpc) is 2.75. The van der Waals surface area contributed by atoms with E-state index in [2.05, 4.69) is 9.97 Å². The molecular weight excluding hydrogens is 220 g/mol. The summed E-state index contributed by atoms with van der Waals surface area (Å²) < 4.78 is 0. The SMILES string of the molecule is Cc1ncc(C(O)C(C)c2ccccn2)s1. The van der Waals surface area contributed by atoms with Crippen molar-refractivity contribution >= 4 is 11.3 Å². The van der Waals surface area contributed by atoms with Crippen LogP contribution in [0.15, 0.2) is 30.6 Å². The largest absolute Gasteiger partial charge is 0.387 e. The Bertz CT molecular complexity index is 455. The molecule has 0 aliphatic carbocycles. The van der Waals surface area contributed by atoms with Gasteiger partial charge < -0.3 is 5.11 Å². The predicted molar refractivity (Wildman–Crippen MR) is 64.5 cm³/mol. The van der Waals surface area contributed by atoms with Crippen molar-refractivity contribution in [1.82, 2.24) is 9.97 Å². The van der Waals surface area contributed by atoms with Gasteiger partial charge in [-0.1, -0.05) is 13.0 Å². The van der Waals surface area contributed by atoms with Crippen molar-refractivity contribution in [3.8, 4) is 0 Å². The number of pyridine rings is 1. The first-order chi connectivity index (χ1) is 7.68. The molecule has 2 heterocycles. The first-order valence-corrected chi connectivity index (χ1v) is 6.01. The first kappa shape index (κ1) is 11.2. The van der Waals surface area contributed by atoms with Gasteiger partial charge in [-0.2, -0.15) is 0 Å². The molecule has 2 aromatic rings. The summed E-state index contributed by atoms with van der Waals surface area (Å²) in [6, 6.07) is 5.74. The van der Waals surface area contributed by atoms with Gasteiger partial charge in [-0.05, 0) is 19.1 Å². The van der Waals surface area contributed by atoms with Crippen molar-refractivity contribution < 1.29 is 5.11 Å². The first-order valence-electron chi connectivity index (χ1n) is 5.20. The van der Waals surface area contributed by atoms with E-state index < -0.39 is 6.10 Å². The van der Waals surface area contributed by atoms with Gasteiger partial charge in [0.15, 0.2) is 0 Å². The number of aliphatic hydroxyl groups excluding tert-OH is 1. The molecule has 3 nitrogen and oxygen atoms in total. The molecule has 84 valence electrons. The third kappa shape index (κ3) is 2.28. The van der Waals surface area contributed by atoms with Crippen LogP contribution in [-0.4, -0.2) is 15.1 Å². The maximum Gasteiger partial charge on any atom is 0.0978 e. The second-order valence-electron chi connectivity index (χ2n) is 3.77. The van der Waals surface area contributed by atoms with Crippen LogP contribution in [0.1, 0.15) is 34.5 Å². The average molecular weight is 234 g/mol. The Labute approximate surface area is 98.8 Å². The number of aliphatic hydroxyl groups is 1. The number of rotatable bonds is 3. The van der Waals surface area contributed by atoms with Crippen LogP contribution in [0.4, 0.5) is 0 Å². The lowest BCUT2D eigenvalue weighted by Gasteiger charge is -2.16. The van der Waals surface area contributed by atoms with Crippen molar-refractivity contribution in [3.63, 3.8) is 0 Å². The molecule has 0 fully saturated rings. The quantitative estimate of drug-likeness (QED) is 0.888. The molecule has 0 radical (unpaired) electrons. The number of nitrogens with zero attached hydrogens (tertiary/aromatic N) is 2. The summed E-state index contributed by atoms with van der Waals surface area (Å²) in [6.45, 7) is 3.91. The fraction of sp³-hybridized carbons (Fsp3) is 0.333. The normalized spacial score (nSPS) is 14.7. The van der Waals surface area contributed by atoms with Crippen LogP contribution in [0.5, 0.6) is 0 Å². The van der Waals surface area contributed by atoms with Gasteiger partial charge >= 0.3 is 0 Å². The molecule has 2 rings (SSSR count). The van der Waals surface area contributed by atoms with Crippen LogP contribution in [0, 0.1) is 6.92 Å². The highest BCUT2D eigenvalue weighted by Crippen LogP contribution is 2.32. The number of hydrogen-bond acceptors (Lipinski definition) is 4. The van der Waals surface area contributed by atoms with E-state index in [0.717, 1.165) is 15.6 Å². The highest BCUT2D eigenvalue weighted by molar-refractivity contribution is 7.11. The number of aromatic nitrogens is 2. The Balaban J connectivity index is 2.19. The van der Waals surface area contributed by atoms with Gasteiger partial charge in [0.1, 0.15) is 0 Å². The Morgan fingerprint density at radius 3 is 2.69 bits per heavy atom. The van der Waals surface area contributed by atoms with Gasteiger partial charge in [0.05, 0.1) is 16.0 Å². The molecule has 2 atom stereocenters. The Kier molecular flexibility index (Phi) is 3.31. The summed E-state index contributed by atoms with van der Waals surface area (Å²) >= 11 is 1.53. The Morgan fingerprint density at radius 2 is 2.12 bits per heavy atom. The van der Waals surface area contributed by atoms with Crippen LogP contribution in [0.3, 0.4) is 0 Å². The van der Waals surface area contributed by atoms with E-state index in [-0.39, 0.29) is 5.92 Å². The molecule has 0 spiro atoms. The van der Waals surface area contributed by atoms with Crippen molar-refractivity contribution in [2.45, 2.75) is 25.9 Å². The summed E-state index contributed by atoms with van der Waals surface area (Å²) in [5.41, 5.74) is 0.904. The molecule has 0 aliphatic heterocycles. The summed E-state index contributed by atoms with van der Waals surface area (Å²) in [4.78, 5) is 9.31. The van der Waals surface area contributed by atoms with E-state index in [0.29, 0.717) is 0 Å². The monoisotopic (exact) mass is 234 g/mol. The highest BCUT2D eigenvalue weighted by Gasteiger charge is 2.20. The lowest BCUT2D eigenvalue weighted by Crippen LogP contribution is -2.07. The predicted octanol–water partition coefficient (Wildman–Crippen LogP) is 2.68. The minimum absolute atomic E-state index is 0.0129. The Morgan fingerprint density at radius 1 is 1.31 bits per heavy atom. The fourth-order valence-corrected chi connectivity index (χ4v) is 2.44. The second kappa shape index (κ2) is 4.72. The summed E-state index contributed by atoms with van der Waals surface area (Å²) in [5.74, 6) is -0.0129. The van der Waals surface area contributed by atoms with Crippen molar-refractivity contribution in [3.05, 3.63) is 46.2 Å². The number of hydrogen-bond donors (Lipinski definition) is 1. The molecule has 2 aromatic heterocycles. The molecule has 0 saturated heterocycles. The van der Waals surface area contributed by atoms with Gasteiger partial charge in [0.2, 0.25) is 0 Å². The molecule has 0 aromatic carbocycles. The molecule has 16 heavy (non-hydrogen) atoms. The molecule has 4 heteroatoms. The highest BCUT2D eigenvalue weighted by atomic mass is 32.1. The van der Waals surface area contributed by atoms with Crippen molar-refractivity contribution in [2.24, 2.45) is 0 Å². The molecule has 0 amide bonds. The lowest BCUT2D eigenvalue weighted by molar-refractivity contribution is 0.153. The summed E-state index contributed by atoms with van der Waals surface area (Å²) in [5, 5.41) is 11.2. The maximum atomic E-state index is 10.2. The van der Waals surface area contributed by atoms with E-state index in [1.54, 1.807) is 12.4 Å². The van der Waals surface area contributed by atoms with E-state index in [1.165, 1.54) is 11.3 Å². The van der Waals surface area contributed by atoms with E-state index in [1.807, 2.05) is 32.0 Å². The number of aryl methyl sites for hydroxylation is 1. The van der Waals surface area contributed by atoms with Gasteiger partial charge in [-0.3, -0.25) is 4.98 Å². The zero-order valence-electron chi connectivity index (χ0n) is 9.29. The topological polar surface area (TPSA) is 46.0 Å². The molecule has 1 N–H and O–H groups in total. The van der Waals surface area contributed by atoms with E-state index >= 15 is 0 Å². The second-order valence-corrected chi connectivity index (χ2v) is 5.04. The number of thiazole rings is 1. The van der Waals surface area contributed by atoms with Crippen LogP contribution in [0.2, 0.25) is 0 Å². The van der Waals surface area contributed by atoms with Crippen LogP contribution in [-0.2, 0) is 0 Å². The minimum Gasteiger partial charge on any atom is -0.387 e. The van der Waals surface area contributed by atoms with Crippen LogP contribution < -0.4 is 0 Å². The maximum absolute atomic E-state index is 10.2. The van der Waals surface area contributed by atoms with Gasteiger partial charge in [0, 0.05) is 24.0 Å².